The van der Waals surface area contributed by atoms with Crippen LogP contribution in [0.2, 0.25) is 0 Å². The molecule has 18 heavy (non-hydrogen) atoms. The first kappa shape index (κ1) is 13.5. The summed E-state index contributed by atoms with van der Waals surface area (Å²) in [5, 5.41) is 20.1. The molecule has 3 heteroatoms. The highest BCUT2D eigenvalue weighted by atomic mass is 16.3. The van der Waals surface area contributed by atoms with Crippen molar-refractivity contribution >= 4 is 0 Å². The lowest BCUT2D eigenvalue weighted by Gasteiger charge is -2.35. The van der Waals surface area contributed by atoms with Crippen molar-refractivity contribution in [2.24, 2.45) is 0 Å². The number of likely N-dealkylation sites (tertiary alicyclic amines) is 1. The van der Waals surface area contributed by atoms with Crippen LogP contribution in [-0.2, 0) is 5.60 Å². The van der Waals surface area contributed by atoms with Gasteiger partial charge in [-0.3, -0.25) is 4.90 Å². The Labute approximate surface area is 109 Å². The first-order valence-corrected chi connectivity index (χ1v) is 6.67. The van der Waals surface area contributed by atoms with E-state index in [1.165, 1.54) is 5.56 Å². The second-order valence-corrected chi connectivity index (χ2v) is 5.65. The van der Waals surface area contributed by atoms with E-state index in [4.69, 9.17) is 0 Å². The zero-order valence-corrected chi connectivity index (χ0v) is 11.3. The molecule has 0 bridgehead atoms. The molecule has 1 aliphatic rings. The monoisotopic (exact) mass is 249 g/mol. The zero-order chi connectivity index (χ0) is 13.2. The van der Waals surface area contributed by atoms with Gasteiger partial charge >= 0.3 is 0 Å². The van der Waals surface area contributed by atoms with Gasteiger partial charge in [-0.05, 0) is 32.3 Å². The van der Waals surface area contributed by atoms with Crippen LogP contribution in [0.4, 0.5) is 0 Å². The molecule has 0 spiro atoms. The molecule has 100 valence electrons. The lowest BCUT2D eigenvalue weighted by molar-refractivity contribution is -0.00558. The second-order valence-electron chi connectivity index (χ2n) is 5.65. The number of rotatable bonds is 3. The predicted octanol–water partition coefficient (Wildman–Crippen LogP) is 1.66. The third-order valence-electron chi connectivity index (χ3n) is 3.76. The number of hydrogen-bond acceptors (Lipinski definition) is 3. The summed E-state index contributed by atoms with van der Waals surface area (Å²) in [7, 11) is 0. The van der Waals surface area contributed by atoms with Gasteiger partial charge in [-0.25, -0.2) is 0 Å². The molecular formula is C15H23NO2. The Morgan fingerprint density at radius 1 is 1.22 bits per heavy atom. The molecule has 3 nitrogen and oxygen atoms in total. The van der Waals surface area contributed by atoms with Crippen molar-refractivity contribution in [2.45, 2.75) is 38.4 Å². The SMILES string of the molecule is Cc1ccc(C(C)(O)CN2CCC(O)CC2)cc1. The Kier molecular flexibility index (Phi) is 4.05. The molecule has 1 unspecified atom stereocenters. The Bertz CT molecular complexity index is 378. The summed E-state index contributed by atoms with van der Waals surface area (Å²) in [5.74, 6) is 0. The number of aryl methyl sites for hydroxylation is 1. The minimum atomic E-state index is -0.823. The molecule has 0 aliphatic carbocycles. The fourth-order valence-electron chi connectivity index (χ4n) is 2.52. The van der Waals surface area contributed by atoms with Crippen molar-refractivity contribution in [2.75, 3.05) is 19.6 Å². The van der Waals surface area contributed by atoms with E-state index in [0.29, 0.717) is 6.54 Å². The molecule has 0 amide bonds. The minimum Gasteiger partial charge on any atom is -0.393 e. The first-order valence-electron chi connectivity index (χ1n) is 6.67. The number of β-amino-alcohol motifs (C(OH)–C–C–N with tert-alkyl or cyclic N) is 1. The molecule has 1 atom stereocenters. The van der Waals surface area contributed by atoms with Crippen molar-refractivity contribution in [3.63, 3.8) is 0 Å². The summed E-state index contributed by atoms with van der Waals surface area (Å²) in [6, 6.07) is 8.05. The van der Waals surface area contributed by atoms with Crippen molar-refractivity contribution < 1.29 is 10.2 Å². The highest BCUT2D eigenvalue weighted by Crippen LogP contribution is 2.24. The van der Waals surface area contributed by atoms with Crippen LogP contribution in [-0.4, -0.2) is 40.9 Å². The fourth-order valence-corrected chi connectivity index (χ4v) is 2.52. The third kappa shape index (κ3) is 3.31. The highest BCUT2D eigenvalue weighted by Gasteiger charge is 2.28. The van der Waals surface area contributed by atoms with Crippen molar-refractivity contribution in [1.29, 1.82) is 0 Å². The van der Waals surface area contributed by atoms with Gasteiger partial charge in [0.25, 0.3) is 0 Å². The minimum absolute atomic E-state index is 0.162. The van der Waals surface area contributed by atoms with Crippen LogP contribution in [0.15, 0.2) is 24.3 Å². The van der Waals surface area contributed by atoms with E-state index in [0.717, 1.165) is 31.5 Å². The maximum absolute atomic E-state index is 10.6. The summed E-state index contributed by atoms with van der Waals surface area (Å²) < 4.78 is 0. The molecule has 2 N–H and O–H groups in total. The lowest BCUT2D eigenvalue weighted by Crippen LogP contribution is -2.44. The van der Waals surface area contributed by atoms with E-state index in [1.54, 1.807) is 0 Å². The number of hydrogen-bond donors (Lipinski definition) is 2. The normalized spacial score (nSPS) is 21.8. The van der Waals surface area contributed by atoms with Crippen LogP contribution in [0.1, 0.15) is 30.9 Å². The Hall–Kier alpha value is -0.900. The largest absolute Gasteiger partial charge is 0.393 e. The maximum Gasteiger partial charge on any atom is 0.0994 e. The summed E-state index contributed by atoms with van der Waals surface area (Å²) >= 11 is 0. The van der Waals surface area contributed by atoms with E-state index in [2.05, 4.69) is 4.90 Å². The van der Waals surface area contributed by atoms with Crippen LogP contribution in [0.3, 0.4) is 0 Å². The third-order valence-corrected chi connectivity index (χ3v) is 3.76. The molecule has 1 heterocycles. The summed E-state index contributed by atoms with van der Waals surface area (Å²) in [6.45, 7) is 6.27. The molecule has 1 aromatic carbocycles. The Balaban J connectivity index is 2.00. The van der Waals surface area contributed by atoms with E-state index in [9.17, 15) is 10.2 Å². The van der Waals surface area contributed by atoms with Gasteiger partial charge in [0.15, 0.2) is 0 Å². The van der Waals surface area contributed by atoms with Gasteiger partial charge in [0.1, 0.15) is 0 Å². The highest BCUT2D eigenvalue weighted by molar-refractivity contribution is 5.26. The summed E-state index contributed by atoms with van der Waals surface area (Å²) in [5.41, 5.74) is 1.34. The van der Waals surface area contributed by atoms with Gasteiger partial charge < -0.3 is 10.2 Å². The zero-order valence-electron chi connectivity index (χ0n) is 11.3. The van der Waals surface area contributed by atoms with Crippen molar-refractivity contribution in [3.05, 3.63) is 35.4 Å². The van der Waals surface area contributed by atoms with Gasteiger partial charge in [-0.2, -0.15) is 0 Å². The average molecular weight is 249 g/mol. The molecule has 2 rings (SSSR count). The van der Waals surface area contributed by atoms with E-state index >= 15 is 0 Å². The van der Waals surface area contributed by atoms with E-state index in [-0.39, 0.29) is 6.10 Å². The number of aliphatic hydroxyl groups excluding tert-OH is 1. The number of benzene rings is 1. The van der Waals surface area contributed by atoms with E-state index < -0.39 is 5.60 Å². The van der Waals surface area contributed by atoms with Gasteiger partial charge in [0, 0.05) is 19.6 Å². The average Bonchev–Trinajstić information content (AvgIpc) is 2.32. The quantitative estimate of drug-likeness (QED) is 0.856. The number of nitrogens with zero attached hydrogens (tertiary/aromatic N) is 1. The Morgan fingerprint density at radius 3 is 2.33 bits per heavy atom. The fraction of sp³-hybridized carbons (Fsp3) is 0.600. The van der Waals surface area contributed by atoms with Crippen molar-refractivity contribution in [1.82, 2.24) is 4.90 Å². The van der Waals surface area contributed by atoms with Gasteiger partial charge in [-0.1, -0.05) is 29.8 Å². The summed E-state index contributed by atoms with van der Waals surface area (Å²) in [4.78, 5) is 2.23. The topological polar surface area (TPSA) is 43.7 Å². The molecule has 1 fully saturated rings. The van der Waals surface area contributed by atoms with Crippen LogP contribution in [0.5, 0.6) is 0 Å². The van der Waals surface area contributed by atoms with E-state index in [1.807, 2.05) is 38.1 Å². The first-order chi connectivity index (χ1) is 8.47. The van der Waals surface area contributed by atoms with Crippen LogP contribution < -0.4 is 0 Å². The molecular weight excluding hydrogens is 226 g/mol. The lowest BCUT2D eigenvalue weighted by atomic mass is 9.93. The Morgan fingerprint density at radius 2 is 1.78 bits per heavy atom. The van der Waals surface area contributed by atoms with Gasteiger partial charge in [0.2, 0.25) is 0 Å². The second kappa shape index (κ2) is 5.39. The molecule has 0 aromatic heterocycles. The molecule has 1 aromatic rings. The number of piperidine rings is 1. The predicted molar refractivity (Wildman–Crippen MR) is 72.4 cm³/mol. The van der Waals surface area contributed by atoms with Gasteiger partial charge in [-0.15, -0.1) is 0 Å². The maximum atomic E-state index is 10.6. The molecule has 1 aliphatic heterocycles. The number of aliphatic hydroxyl groups is 2. The molecule has 0 radical (unpaired) electrons. The molecule has 0 saturated carbocycles. The smallest absolute Gasteiger partial charge is 0.0994 e. The summed E-state index contributed by atoms with van der Waals surface area (Å²) in [6.07, 6.45) is 1.46. The van der Waals surface area contributed by atoms with Crippen LogP contribution in [0, 0.1) is 6.92 Å². The van der Waals surface area contributed by atoms with Gasteiger partial charge in [0.05, 0.1) is 11.7 Å². The standard InChI is InChI=1S/C15H23NO2/c1-12-3-5-13(6-4-12)15(2,18)11-16-9-7-14(17)8-10-16/h3-6,14,17-18H,7-11H2,1-2H3. The van der Waals surface area contributed by atoms with Crippen LogP contribution in [0.25, 0.3) is 0 Å². The van der Waals surface area contributed by atoms with Crippen molar-refractivity contribution in [3.8, 4) is 0 Å². The van der Waals surface area contributed by atoms with Crippen LogP contribution >= 0.6 is 0 Å². The molecule has 1 saturated heterocycles.